The normalized spacial score (nSPS) is 14.6. The van der Waals surface area contributed by atoms with Gasteiger partial charge in [0.2, 0.25) is 11.8 Å². The number of aliphatic hydroxyl groups excluding tert-OH is 1. The van der Waals surface area contributed by atoms with Gasteiger partial charge in [0.15, 0.2) is 0 Å². The zero-order chi connectivity index (χ0) is 17.8. The minimum absolute atomic E-state index is 0.339. The molecule has 0 aliphatic heterocycles. The molecule has 0 saturated carbocycles. The Morgan fingerprint density at radius 3 is 2.00 bits per heavy atom. The first kappa shape index (κ1) is 22.0. The molecule has 0 saturated heterocycles. The summed E-state index contributed by atoms with van der Waals surface area (Å²) in [6.45, 7) is -0.725. The molecular formula is C13H25N3O5S2. The second kappa shape index (κ2) is 12.5. The number of carbonyl (C=O) groups excluding carboxylic acids is 2. The van der Waals surface area contributed by atoms with Crippen LogP contribution in [0.25, 0.3) is 0 Å². The lowest BCUT2D eigenvalue weighted by atomic mass is 10.1. The largest absolute Gasteiger partial charge is 0.480 e. The molecule has 6 N–H and O–H groups in total. The summed E-state index contributed by atoms with van der Waals surface area (Å²) in [4.78, 5) is 35.0. The summed E-state index contributed by atoms with van der Waals surface area (Å²) in [7, 11) is 0. The van der Waals surface area contributed by atoms with E-state index in [0.29, 0.717) is 18.6 Å². The van der Waals surface area contributed by atoms with Gasteiger partial charge in [-0.2, -0.15) is 23.5 Å². The fourth-order valence-electron chi connectivity index (χ4n) is 1.62. The Bertz CT molecular complexity index is 398. The molecule has 0 aliphatic rings. The molecule has 23 heavy (non-hydrogen) atoms. The van der Waals surface area contributed by atoms with Gasteiger partial charge in [-0.15, -0.1) is 0 Å². The van der Waals surface area contributed by atoms with Gasteiger partial charge in [0.25, 0.3) is 0 Å². The number of carboxylic acid groups (broad SMARTS) is 1. The Hall–Kier alpha value is -0.970. The fraction of sp³-hybridized carbons (Fsp3) is 0.769. The lowest BCUT2D eigenvalue weighted by Gasteiger charge is -2.22. The SMILES string of the molecule is CSCC[C@H](NC(=O)[C@@H](N)CCSC)C(=O)N[C@@H](CO)C(=O)O. The number of hydrogen-bond acceptors (Lipinski definition) is 7. The molecule has 8 nitrogen and oxygen atoms in total. The predicted octanol–water partition coefficient (Wildman–Crippen LogP) is -1.13. The molecule has 0 spiro atoms. The van der Waals surface area contributed by atoms with Gasteiger partial charge in [0, 0.05) is 0 Å². The first-order chi connectivity index (χ1) is 10.9. The number of aliphatic hydroxyl groups is 1. The van der Waals surface area contributed by atoms with E-state index in [-0.39, 0.29) is 0 Å². The van der Waals surface area contributed by atoms with E-state index in [9.17, 15) is 14.4 Å². The number of nitrogens with two attached hydrogens (primary N) is 1. The summed E-state index contributed by atoms with van der Waals surface area (Å²) in [6, 6.07) is -3.01. The van der Waals surface area contributed by atoms with E-state index in [1.54, 1.807) is 11.8 Å². The molecule has 0 aliphatic carbocycles. The fourth-order valence-corrected chi connectivity index (χ4v) is 2.58. The molecule has 0 rings (SSSR count). The number of carbonyl (C=O) groups is 3. The molecule has 0 fully saturated rings. The van der Waals surface area contributed by atoms with Crippen molar-refractivity contribution in [3.63, 3.8) is 0 Å². The molecule has 2 amide bonds. The molecule has 0 aromatic heterocycles. The number of nitrogens with one attached hydrogen (secondary N) is 2. The highest BCUT2D eigenvalue weighted by atomic mass is 32.2. The van der Waals surface area contributed by atoms with Gasteiger partial charge in [-0.3, -0.25) is 9.59 Å². The number of aliphatic carboxylic acids is 1. The van der Waals surface area contributed by atoms with E-state index in [1.165, 1.54) is 11.8 Å². The summed E-state index contributed by atoms with van der Waals surface area (Å²) >= 11 is 3.06. The molecule has 0 bridgehead atoms. The monoisotopic (exact) mass is 367 g/mol. The van der Waals surface area contributed by atoms with Gasteiger partial charge in [0.1, 0.15) is 12.1 Å². The van der Waals surface area contributed by atoms with Crippen molar-refractivity contribution in [3.05, 3.63) is 0 Å². The molecular weight excluding hydrogens is 342 g/mol. The maximum Gasteiger partial charge on any atom is 0.328 e. The number of amides is 2. The third kappa shape index (κ3) is 9.04. The van der Waals surface area contributed by atoms with Crippen LogP contribution in [0.15, 0.2) is 0 Å². The summed E-state index contributed by atoms with van der Waals surface area (Å²) in [5, 5.41) is 22.6. The predicted molar refractivity (Wildman–Crippen MR) is 92.6 cm³/mol. The van der Waals surface area contributed by atoms with E-state index in [4.69, 9.17) is 15.9 Å². The van der Waals surface area contributed by atoms with E-state index < -0.39 is 42.5 Å². The summed E-state index contributed by atoms with van der Waals surface area (Å²) in [6.07, 6.45) is 4.58. The molecule has 0 aromatic rings. The van der Waals surface area contributed by atoms with Gasteiger partial charge in [-0.1, -0.05) is 0 Å². The third-order valence-corrected chi connectivity index (χ3v) is 4.30. The van der Waals surface area contributed by atoms with Crippen LogP contribution in [0.2, 0.25) is 0 Å². The Morgan fingerprint density at radius 1 is 1.00 bits per heavy atom. The number of hydrogen-bond donors (Lipinski definition) is 5. The highest BCUT2D eigenvalue weighted by Gasteiger charge is 2.27. The molecule has 0 radical (unpaired) electrons. The van der Waals surface area contributed by atoms with Crippen molar-refractivity contribution >= 4 is 41.3 Å². The number of rotatable bonds is 12. The highest BCUT2D eigenvalue weighted by Crippen LogP contribution is 2.04. The van der Waals surface area contributed by atoms with Crippen LogP contribution in [0.3, 0.4) is 0 Å². The Balaban J connectivity index is 4.75. The van der Waals surface area contributed by atoms with Gasteiger partial charge in [-0.25, -0.2) is 4.79 Å². The van der Waals surface area contributed by atoms with E-state index in [2.05, 4.69) is 10.6 Å². The Kier molecular flexibility index (Phi) is 11.9. The molecule has 0 unspecified atom stereocenters. The molecule has 134 valence electrons. The lowest BCUT2D eigenvalue weighted by molar-refractivity contribution is -0.143. The third-order valence-electron chi connectivity index (χ3n) is 3.01. The van der Waals surface area contributed by atoms with Gasteiger partial charge < -0.3 is 26.6 Å². The Labute approximate surface area is 144 Å². The van der Waals surface area contributed by atoms with E-state index in [1.807, 2.05) is 12.5 Å². The minimum Gasteiger partial charge on any atom is -0.480 e. The van der Waals surface area contributed by atoms with Crippen LogP contribution >= 0.6 is 23.5 Å². The second-order valence-electron chi connectivity index (χ2n) is 4.81. The van der Waals surface area contributed by atoms with Crippen molar-refractivity contribution in [3.8, 4) is 0 Å². The maximum absolute atomic E-state index is 12.1. The van der Waals surface area contributed by atoms with Crippen LogP contribution in [0.4, 0.5) is 0 Å². The van der Waals surface area contributed by atoms with Crippen molar-refractivity contribution in [2.45, 2.75) is 31.0 Å². The Morgan fingerprint density at radius 2 is 1.52 bits per heavy atom. The molecule has 3 atom stereocenters. The van der Waals surface area contributed by atoms with Crippen molar-refractivity contribution in [1.29, 1.82) is 0 Å². The quantitative estimate of drug-likeness (QED) is 0.292. The van der Waals surface area contributed by atoms with Gasteiger partial charge in [0.05, 0.1) is 12.6 Å². The lowest BCUT2D eigenvalue weighted by Crippen LogP contribution is -2.55. The summed E-state index contributed by atoms with van der Waals surface area (Å²) < 4.78 is 0. The standard InChI is InChI=1S/C13H25N3O5S2/c1-22-5-3-8(14)11(18)15-9(4-6-23-2)12(19)16-10(7-17)13(20)21/h8-10,17H,3-7,14H2,1-2H3,(H,15,18)(H,16,19)(H,20,21)/t8-,9-,10-/m0/s1. The minimum atomic E-state index is -1.40. The van der Waals surface area contributed by atoms with Crippen molar-refractivity contribution < 1.29 is 24.6 Å². The van der Waals surface area contributed by atoms with Crippen LogP contribution < -0.4 is 16.4 Å². The number of thioether (sulfide) groups is 2. The molecule has 10 heteroatoms. The van der Waals surface area contributed by atoms with Crippen LogP contribution in [-0.2, 0) is 14.4 Å². The van der Waals surface area contributed by atoms with Crippen molar-refractivity contribution in [1.82, 2.24) is 10.6 Å². The highest BCUT2D eigenvalue weighted by molar-refractivity contribution is 7.98. The second-order valence-corrected chi connectivity index (χ2v) is 6.78. The van der Waals surface area contributed by atoms with Crippen LogP contribution in [0, 0.1) is 0 Å². The average molecular weight is 367 g/mol. The molecule has 0 aromatic carbocycles. The first-order valence-electron chi connectivity index (χ1n) is 7.05. The summed E-state index contributed by atoms with van der Waals surface area (Å²) in [5.74, 6) is -1.11. The van der Waals surface area contributed by atoms with E-state index in [0.717, 1.165) is 5.75 Å². The van der Waals surface area contributed by atoms with Crippen LogP contribution in [-0.4, -0.2) is 76.7 Å². The van der Waals surface area contributed by atoms with Crippen LogP contribution in [0.5, 0.6) is 0 Å². The molecule has 0 heterocycles. The first-order valence-corrected chi connectivity index (χ1v) is 9.84. The average Bonchev–Trinajstić information content (AvgIpc) is 2.53. The van der Waals surface area contributed by atoms with Crippen molar-refractivity contribution in [2.24, 2.45) is 5.73 Å². The van der Waals surface area contributed by atoms with Crippen molar-refractivity contribution in [2.75, 3.05) is 30.6 Å². The van der Waals surface area contributed by atoms with Crippen LogP contribution in [0.1, 0.15) is 12.8 Å². The zero-order valence-corrected chi connectivity index (χ0v) is 14.9. The smallest absolute Gasteiger partial charge is 0.328 e. The van der Waals surface area contributed by atoms with E-state index >= 15 is 0 Å². The topological polar surface area (TPSA) is 142 Å². The maximum atomic E-state index is 12.1. The number of carboxylic acids is 1. The summed E-state index contributed by atoms with van der Waals surface area (Å²) in [5.41, 5.74) is 5.76. The zero-order valence-electron chi connectivity index (χ0n) is 13.3. The van der Waals surface area contributed by atoms with Gasteiger partial charge >= 0.3 is 5.97 Å². The van der Waals surface area contributed by atoms with Gasteiger partial charge in [-0.05, 0) is 36.9 Å².